The van der Waals surface area contributed by atoms with Crippen LogP contribution in [0.25, 0.3) is 0 Å². The first-order chi connectivity index (χ1) is 8.40. The number of halogens is 2. The predicted molar refractivity (Wildman–Crippen MR) is 68.3 cm³/mol. The van der Waals surface area contributed by atoms with Gasteiger partial charge >= 0.3 is 0 Å². The lowest BCUT2D eigenvalue weighted by Crippen LogP contribution is -2.46. The first kappa shape index (κ1) is 14.9. The zero-order valence-electron chi connectivity index (χ0n) is 10.2. The average molecular weight is 274 g/mol. The van der Waals surface area contributed by atoms with Gasteiger partial charge in [-0.3, -0.25) is 4.79 Å². The molecule has 3 nitrogen and oxygen atoms in total. The third-order valence-electron chi connectivity index (χ3n) is 2.18. The maximum absolute atomic E-state index is 13.4. The van der Waals surface area contributed by atoms with Crippen LogP contribution >= 0.6 is 11.8 Å². The van der Waals surface area contributed by atoms with Crippen LogP contribution in [0.4, 0.5) is 8.78 Å². The van der Waals surface area contributed by atoms with Gasteiger partial charge in [0, 0.05) is 22.8 Å². The maximum atomic E-state index is 13.4. The first-order valence-corrected chi connectivity index (χ1v) is 6.52. The molecule has 1 rings (SSSR count). The quantitative estimate of drug-likeness (QED) is 0.779. The normalized spacial score (nSPS) is 12.7. The topological polar surface area (TPSA) is 55.1 Å². The monoisotopic (exact) mass is 274 g/mol. The number of carbonyl (C=O) groups excluding carboxylic acids is 1. The summed E-state index contributed by atoms with van der Waals surface area (Å²) in [6.07, 6.45) is 0. The molecule has 0 aromatic heterocycles. The van der Waals surface area contributed by atoms with Crippen LogP contribution in [0.15, 0.2) is 23.1 Å². The number of carbonyl (C=O) groups is 1. The lowest BCUT2D eigenvalue weighted by molar-refractivity contribution is -0.119. The number of hydrogen-bond donors (Lipinski definition) is 2. The van der Waals surface area contributed by atoms with Crippen LogP contribution in [0.5, 0.6) is 0 Å². The molecule has 0 saturated carbocycles. The average Bonchev–Trinajstić information content (AvgIpc) is 2.25. The van der Waals surface area contributed by atoms with Gasteiger partial charge in [-0.25, -0.2) is 8.78 Å². The van der Waals surface area contributed by atoms with Crippen molar-refractivity contribution < 1.29 is 13.6 Å². The van der Waals surface area contributed by atoms with Gasteiger partial charge in [0.15, 0.2) is 0 Å². The molecular weight excluding hydrogens is 258 g/mol. The summed E-state index contributed by atoms with van der Waals surface area (Å²) in [5.41, 5.74) is 5.24. The molecule has 1 aromatic carbocycles. The molecule has 0 fully saturated rings. The van der Waals surface area contributed by atoms with E-state index in [-0.39, 0.29) is 6.04 Å². The molecule has 100 valence electrons. The van der Waals surface area contributed by atoms with Crippen molar-refractivity contribution in [3.05, 3.63) is 29.8 Å². The Bertz CT molecular complexity index is 427. The second kappa shape index (κ2) is 6.70. The Hall–Kier alpha value is -1.14. The van der Waals surface area contributed by atoms with E-state index < -0.39 is 23.6 Å². The molecule has 1 aromatic rings. The summed E-state index contributed by atoms with van der Waals surface area (Å²) in [4.78, 5) is 11.5. The molecular formula is C12H16F2N2OS. The molecule has 6 heteroatoms. The van der Waals surface area contributed by atoms with E-state index in [0.29, 0.717) is 10.6 Å². The third kappa shape index (κ3) is 4.62. The van der Waals surface area contributed by atoms with Crippen LogP contribution in [0.1, 0.15) is 13.8 Å². The van der Waals surface area contributed by atoms with Gasteiger partial charge < -0.3 is 11.1 Å². The van der Waals surface area contributed by atoms with Gasteiger partial charge in [-0.2, -0.15) is 0 Å². The molecule has 3 N–H and O–H groups in total. The highest BCUT2D eigenvalue weighted by Gasteiger charge is 2.17. The highest BCUT2D eigenvalue weighted by atomic mass is 32.2. The van der Waals surface area contributed by atoms with E-state index in [0.717, 1.165) is 17.8 Å². The highest BCUT2D eigenvalue weighted by Crippen LogP contribution is 2.23. The minimum Gasteiger partial charge on any atom is -0.368 e. The summed E-state index contributed by atoms with van der Waals surface area (Å²) in [5.74, 6) is -1.44. The molecule has 0 spiro atoms. The number of amides is 1. The predicted octanol–water partition coefficient (Wildman–Crippen LogP) is 1.91. The van der Waals surface area contributed by atoms with Gasteiger partial charge in [-0.15, -0.1) is 11.8 Å². The maximum Gasteiger partial charge on any atom is 0.235 e. The number of rotatable bonds is 6. The van der Waals surface area contributed by atoms with Crippen molar-refractivity contribution in [2.45, 2.75) is 30.8 Å². The summed E-state index contributed by atoms with van der Waals surface area (Å²) < 4.78 is 26.1. The Kier molecular flexibility index (Phi) is 5.55. The van der Waals surface area contributed by atoms with Gasteiger partial charge in [0.25, 0.3) is 0 Å². The smallest absolute Gasteiger partial charge is 0.235 e. The van der Waals surface area contributed by atoms with Gasteiger partial charge in [-0.05, 0) is 12.1 Å². The number of primary amides is 1. The van der Waals surface area contributed by atoms with E-state index in [9.17, 15) is 13.6 Å². The van der Waals surface area contributed by atoms with Gasteiger partial charge in [0.1, 0.15) is 11.6 Å². The number of nitrogens with two attached hydrogens (primary N) is 1. The SMILES string of the molecule is CC(C)NC(CSc1ccc(F)cc1F)C(N)=O. The van der Waals surface area contributed by atoms with E-state index in [1.807, 2.05) is 13.8 Å². The lowest BCUT2D eigenvalue weighted by atomic mass is 10.3. The van der Waals surface area contributed by atoms with Crippen LogP contribution < -0.4 is 11.1 Å². The molecule has 0 bridgehead atoms. The fourth-order valence-corrected chi connectivity index (χ4v) is 2.35. The second-order valence-electron chi connectivity index (χ2n) is 4.16. The summed E-state index contributed by atoms with van der Waals surface area (Å²) >= 11 is 1.13. The minimum absolute atomic E-state index is 0.0983. The Morgan fingerprint density at radius 1 is 1.44 bits per heavy atom. The van der Waals surface area contributed by atoms with Crippen LogP contribution in [0.2, 0.25) is 0 Å². The molecule has 0 heterocycles. The van der Waals surface area contributed by atoms with Crippen molar-refractivity contribution in [3.63, 3.8) is 0 Å². The zero-order valence-corrected chi connectivity index (χ0v) is 11.1. The van der Waals surface area contributed by atoms with E-state index in [1.54, 1.807) is 0 Å². The molecule has 0 aliphatic rings. The Morgan fingerprint density at radius 3 is 2.61 bits per heavy atom. The van der Waals surface area contributed by atoms with Crippen molar-refractivity contribution in [2.75, 3.05) is 5.75 Å². The largest absolute Gasteiger partial charge is 0.368 e. The molecule has 1 unspecified atom stereocenters. The van der Waals surface area contributed by atoms with Gasteiger partial charge in [-0.1, -0.05) is 13.8 Å². The fourth-order valence-electron chi connectivity index (χ4n) is 1.38. The Balaban J connectivity index is 2.64. The number of thioether (sulfide) groups is 1. The third-order valence-corrected chi connectivity index (χ3v) is 3.32. The summed E-state index contributed by atoms with van der Waals surface area (Å²) in [6, 6.07) is 2.90. The standard InChI is InChI=1S/C12H16F2N2OS/c1-7(2)16-10(12(15)17)6-18-11-4-3-8(13)5-9(11)14/h3-5,7,10,16H,6H2,1-2H3,(H2,15,17). The molecule has 0 saturated heterocycles. The van der Waals surface area contributed by atoms with Crippen molar-refractivity contribution in [1.82, 2.24) is 5.32 Å². The van der Waals surface area contributed by atoms with Gasteiger partial charge in [0.05, 0.1) is 6.04 Å². The van der Waals surface area contributed by atoms with Crippen LogP contribution in [0.3, 0.4) is 0 Å². The zero-order chi connectivity index (χ0) is 13.7. The fraction of sp³-hybridized carbons (Fsp3) is 0.417. The lowest BCUT2D eigenvalue weighted by Gasteiger charge is -2.17. The number of benzene rings is 1. The Morgan fingerprint density at radius 2 is 2.11 bits per heavy atom. The summed E-state index contributed by atoms with van der Waals surface area (Å²) in [6.45, 7) is 3.78. The molecule has 0 aliphatic heterocycles. The van der Waals surface area contributed by atoms with Crippen molar-refractivity contribution in [3.8, 4) is 0 Å². The number of hydrogen-bond acceptors (Lipinski definition) is 3. The molecule has 18 heavy (non-hydrogen) atoms. The van der Waals surface area contributed by atoms with E-state index in [1.165, 1.54) is 12.1 Å². The van der Waals surface area contributed by atoms with Crippen molar-refractivity contribution >= 4 is 17.7 Å². The van der Waals surface area contributed by atoms with E-state index in [2.05, 4.69) is 5.32 Å². The second-order valence-corrected chi connectivity index (χ2v) is 5.22. The summed E-state index contributed by atoms with van der Waals surface area (Å²) in [5, 5.41) is 2.99. The van der Waals surface area contributed by atoms with Gasteiger partial charge in [0.2, 0.25) is 5.91 Å². The highest BCUT2D eigenvalue weighted by molar-refractivity contribution is 7.99. The van der Waals surface area contributed by atoms with Crippen molar-refractivity contribution in [1.29, 1.82) is 0 Å². The van der Waals surface area contributed by atoms with E-state index >= 15 is 0 Å². The number of nitrogens with one attached hydrogen (secondary N) is 1. The summed E-state index contributed by atoms with van der Waals surface area (Å²) in [7, 11) is 0. The van der Waals surface area contributed by atoms with Crippen LogP contribution in [-0.4, -0.2) is 23.7 Å². The Labute approximate surface area is 109 Å². The molecule has 0 radical (unpaired) electrons. The minimum atomic E-state index is -0.632. The molecule has 0 aliphatic carbocycles. The molecule has 1 amide bonds. The van der Waals surface area contributed by atoms with Crippen LogP contribution in [0, 0.1) is 11.6 Å². The molecule has 1 atom stereocenters. The van der Waals surface area contributed by atoms with Crippen LogP contribution in [-0.2, 0) is 4.79 Å². The first-order valence-electron chi connectivity index (χ1n) is 5.53. The van der Waals surface area contributed by atoms with Crippen molar-refractivity contribution in [2.24, 2.45) is 5.73 Å². The van der Waals surface area contributed by atoms with E-state index in [4.69, 9.17) is 5.73 Å².